The van der Waals surface area contributed by atoms with Gasteiger partial charge in [-0.3, -0.25) is 4.99 Å². The zero-order chi connectivity index (χ0) is 17.5. The van der Waals surface area contributed by atoms with Crippen LogP contribution in [-0.2, 0) is 0 Å². The van der Waals surface area contributed by atoms with Crippen molar-refractivity contribution in [2.75, 3.05) is 43.9 Å². The Balaban J connectivity index is 1.94. The molecular weight excluding hydrogens is 316 g/mol. The fraction of sp³-hybridized carbons (Fsp3) is 0.526. The lowest BCUT2D eigenvalue weighted by atomic mass is 10.1. The summed E-state index contributed by atoms with van der Waals surface area (Å²) in [4.78, 5) is 9.32. The van der Waals surface area contributed by atoms with E-state index in [0.717, 1.165) is 42.7 Å². The summed E-state index contributed by atoms with van der Waals surface area (Å²) in [6.45, 7) is 10.6. The van der Waals surface area contributed by atoms with E-state index in [1.807, 2.05) is 30.9 Å². The lowest BCUT2D eigenvalue weighted by molar-refractivity contribution is 0.392. The third-order valence-corrected chi connectivity index (χ3v) is 6.00. The molecule has 0 bridgehead atoms. The molecule has 0 aromatic heterocycles. The summed E-state index contributed by atoms with van der Waals surface area (Å²) < 4.78 is 0. The molecule has 0 aliphatic carbocycles. The van der Waals surface area contributed by atoms with Crippen LogP contribution in [0.1, 0.15) is 20.8 Å². The second-order valence-electron chi connectivity index (χ2n) is 6.25. The Kier molecular flexibility index (Phi) is 7.03. The van der Waals surface area contributed by atoms with Gasteiger partial charge in [-0.1, -0.05) is 49.9 Å². The van der Waals surface area contributed by atoms with Crippen LogP contribution in [0, 0.1) is 5.92 Å². The molecular formula is C19H30N4S. The van der Waals surface area contributed by atoms with E-state index in [2.05, 4.69) is 59.8 Å². The van der Waals surface area contributed by atoms with Crippen molar-refractivity contribution in [3.63, 3.8) is 0 Å². The van der Waals surface area contributed by atoms with Gasteiger partial charge in [-0.05, 0) is 25.0 Å². The molecule has 5 heteroatoms. The largest absolute Gasteiger partial charge is 0.397 e. The Morgan fingerprint density at radius 2 is 1.88 bits per heavy atom. The third kappa shape index (κ3) is 4.69. The van der Waals surface area contributed by atoms with Gasteiger partial charge in [-0.25, -0.2) is 0 Å². The number of piperazine rings is 1. The summed E-state index contributed by atoms with van der Waals surface area (Å²) >= 11 is 1.88. The Bertz CT molecular complexity index is 576. The maximum absolute atomic E-state index is 6.11. The fourth-order valence-electron chi connectivity index (χ4n) is 2.92. The SMILES string of the molecule is C/C=C\[C@@H](C)C(C)S/C(=N\C)N1CCN(c2ccccc2N)CC1. The second kappa shape index (κ2) is 9.02. The summed E-state index contributed by atoms with van der Waals surface area (Å²) in [5.74, 6) is 0.544. The van der Waals surface area contributed by atoms with Gasteiger partial charge < -0.3 is 15.5 Å². The van der Waals surface area contributed by atoms with Crippen LogP contribution >= 0.6 is 11.8 Å². The number of hydrogen-bond acceptors (Lipinski definition) is 4. The number of nitrogen functional groups attached to an aromatic ring is 1. The summed E-state index contributed by atoms with van der Waals surface area (Å²) in [5, 5.41) is 1.67. The molecule has 2 atom stereocenters. The van der Waals surface area contributed by atoms with Crippen molar-refractivity contribution in [3.8, 4) is 0 Å². The number of nitrogens with two attached hydrogens (primary N) is 1. The second-order valence-corrected chi connectivity index (χ2v) is 7.59. The summed E-state index contributed by atoms with van der Waals surface area (Å²) in [7, 11) is 1.90. The van der Waals surface area contributed by atoms with Crippen LogP contribution in [0.25, 0.3) is 0 Å². The number of aliphatic imine (C=N–C) groups is 1. The quantitative estimate of drug-likeness (QED) is 0.391. The van der Waals surface area contributed by atoms with E-state index in [9.17, 15) is 0 Å². The monoisotopic (exact) mass is 346 g/mol. The molecule has 2 rings (SSSR count). The molecule has 1 aliphatic rings. The number of amidine groups is 1. The Morgan fingerprint density at radius 3 is 2.46 bits per heavy atom. The maximum atomic E-state index is 6.11. The molecule has 2 N–H and O–H groups in total. The number of thioether (sulfide) groups is 1. The van der Waals surface area contributed by atoms with Gasteiger partial charge in [0.15, 0.2) is 5.17 Å². The van der Waals surface area contributed by atoms with Gasteiger partial charge in [0.2, 0.25) is 0 Å². The molecule has 0 amide bonds. The molecule has 1 aliphatic heterocycles. The number of hydrogen-bond donors (Lipinski definition) is 1. The van der Waals surface area contributed by atoms with E-state index < -0.39 is 0 Å². The molecule has 1 saturated heterocycles. The van der Waals surface area contributed by atoms with Crippen LogP contribution in [0.2, 0.25) is 0 Å². The first kappa shape index (κ1) is 18.7. The average Bonchev–Trinajstić information content (AvgIpc) is 2.60. The summed E-state index contributed by atoms with van der Waals surface area (Å²) in [6, 6.07) is 8.12. The fourth-order valence-corrected chi connectivity index (χ4v) is 3.99. The minimum Gasteiger partial charge on any atom is -0.397 e. The molecule has 0 saturated carbocycles. The minimum absolute atomic E-state index is 0.516. The van der Waals surface area contributed by atoms with Crippen molar-refractivity contribution in [1.29, 1.82) is 0 Å². The van der Waals surface area contributed by atoms with Gasteiger partial charge >= 0.3 is 0 Å². The van der Waals surface area contributed by atoms with E-state index >= 15 is 0 Å². The Hall–Kier alpha value is -1.62. The van der Waals surface area contributed by atoms with E-state index in [1.54, 1.807) is 0 Å². The van der Waals surface area contributed by atoms with Crippen molar-refractivity contribution in [2.45, 2.75) is 26.0 Å². The highest BCUT2D eigenvalue weighted by Gasteiger charge is 2.23. The molecule has 0 radical (unpaired) electrons. The zero-order valence-electron chi connectivity index (χ0n) is 15.3. The highest BCUT2D eigenvalue weighted by atomic mass is 32.2. The van der Waals surface area contributed by atoms with Gasteiger partial charge in [-0.2, -0.15) is 0 Å². The molecule has 1 aromatic carbocycles. The molecule has 1 fully saturated rings. The van der Waals surface area contributed by atoms with Crippen LogP contribution in [0.5, 0.6) is 0 Å². The van der Waals surface area contributed by atoms with Crippen molar-refractivity contribution >= 4 is 28.3 Å². The molecule has 132 valence electrons. The topological polar surface area (TPSA) is 44.9 Å². The first-order chi connectivity index (χ1) is 11.6. The lowest BCUT2D eigenvalue weighted by Gasteiger charge is -2.38. The van der Waals surface area contributed by atoms with Crippen LogP contribution in [0.4, 0.5) is 11.4 Å². The predicted molar refractivity (Wildman–Crippen MR) is 109 cm³/mol. The van der Waals surface area contributed by atoms with Crippen molar-refractivity contribution in [3.05, 3.63) is 36.4 Å². The van der Waals surface area contributed by atoms with Gasteiger partial charge in [0, 0.05) is 38.5 Å². The van der Waals surface area contributed by atoms with Gasteiger partial charge in [0.05, 0.1) is 11.4 Å². The highest BCUT2D eigenvalue weighted by Crippen LogP contribution is 2.27. The van der Waals surface area contributed by atoms with Crippen molar-refractivity contribution < 1.29 is 0 Å². The smallest absolute Gasteiger partial charge is 0.159 e. The normalized spacial score (nSPS) is 18.9. The Labute approximate surface area is 150 Å². The van der Waals surface area contributed by atoms with E-state index in [4.69, 9.17) is 5.73 Å². The maximum Gasteiger partial charge on any atom is 0.159 e. The highest BCUT2D eigenvalue weighted by molar-refractivity contribution is 8.14. The molecule has 1 aromatic rings. The molecule has 4 nitrogen and oxygen atoms in total. The van der Waals surface area contributed by atoms with Gasteiger partial charge in [0.1, 0.15) is 0 Å². The first-order valence-electron chi connectivity index (χ1n) is 8.67. The van der Waals surface area contributed by atoms with E-state index in [1.165, 1.54) is 0 Å². The summed E-state index contributed by atoms with van der Waals surface area (Å²) in [6.07, 6.45) is 4.40. The first-order valence-corrected chi connectivity index (χ1v) is 9.55. The van der Waals surface area contributed by atoms with E-state index in [-0.39, 0.29) is 0 Å². The van der Waals surface area contributed by atoms with Gasteiger partial charge in [0.25, 0.3) is 0 Å². The van der Waals surface area contributed by atoms with Gasteiger partial charge in [-0.15, -0.1) is 0 Å². The predicted octanol–water partition coefficient (Wildman–Crippen LogP) is 3.71. The number of allylic oxidation sites excluding steroid dienone is 2. The van der Waals surface area contributed by atoms with Crippen molar-refractivity contribution in [1.82, 2.24) is 4.90 Å². The molecule has 1 unspecified atom stereocenters. The number of benzene rings is 1. The van der Waals surface area contributed by atoms with Crippen LogP contribution < -0.4 is 10.6 Å². The number of anilines is 2. The number of nitrogens with zero attached hydrogens (tertiary/aromatic N) is 3. The lowest BCUT2D eigenvalue weighted by Crippen LogP contribution is -2.48. The number of rotatable bonds is 4. The zero-order valence-corrected chi connectivity index (χ0v) is 16.1. The van der Waals surface area contributed by atoms with Crippen LogP contribution in [-0.4, -0.2) is 48.5 Å². The number of para-hydroxylation sites is 2. The van der Waals surface area contributed by atoms with E-state index in [0.29, 0.717) is 11.2 Å². The average molecular weight is 347 g/mol. The third-order valence-electron chi connectivity index (χ3n) is 4.55. The van der Waals surface area contributed by atoms with Crippen LogP contribution in [0.3, 0.4) is 0 Å². The Morgan fingerprint density at radius 1 is 1.21 bits per heavy atom. The molecule has 0 spiro atoms. The van der Waals surface area contributed by atoms with Crippen LogP contribution in [0.15, 0.2) is 41.4 Å². The standard InChI is InChI=1S/C19H30N4S/c1-5-8-15(2)16(3)24-19(21-4)23-13-11-22(12-14-23)18-10-7-6-9-17(18)20/h5-10,15-16H,11-14,20H2,1-4H3/b8-5-,21-19-/t15-,16?/m1/s1. The summed E-state index contributed by atoms with van der Waals surface area (Å²) in [5.41, 5.74) is 8.12. The molecule has 1 heterocycles. The minimum atomic E-state index is 0.516. The van der Waals surface area contributed by atoms with Crippen molar-refractivity contribution in [2.24, 2.45) is 10.9 Å². The molecule has 24 heavy (non-hydrogen) atoms.